The number of fused-ring (bicyclic) bond motifs is 1. The third kappa shape index (κ3) is 4.15. The fourth-order valence-electron chi connectivity index (χ4n) is 3.18. The third-order valence-electron chi connectivity index (χ3n) is 4.73. The van der Waals surface area contributed by atoms with Crippen LogP contribution in [0.4, 0.5) is 0 Å². The Morgan fingerprint density at radius 3 is 2.23 bits per heavy atom. The second-order valence-corrected chi connectivity index (χ2v) is 7.70. The van der Waals surface area contributed by atoms with Gasteiger partial charge in [0.15, 0.2) is 10.6 Å². The number of carbonyl (C=O) groups is 2. The van der Waals surface area contributed by atoms with E-state index in [2.05, 4.69) is 4.99 Å². The minimum atomic E-state index is -0.341. The Morgan fingerprint density at radius 1 is 0.867 bits per heavy atom. The SMILES string of the molecule is COCCn1c(=NC(=O)c2ccc(C(=O)c3ccccc3)cc2)sc2ccccc21. The van der Waals surface area contributed by atoms with E-state index in [0.717, 1.165) is 10.2 Å². The zero-order valence-electron chi connectivity index (χ0n) is 16.4. The number of amides is 1. The van der Waals surface area contributed by atoms with E-state index >= 15 is 0 Å². The maximum absolute atomic E-state index is 12.8. The summed E-state index contributed by atoms with van der Waals surface area (Å²) >= 11 is 1.47. The molecule has 30 heavy (non-hydrogen) atoms. The maximum atomic E-state index is 12.8. The van der Waals surface area contributed by atoms with E-state index in [-0.39, 0.29) is 11.7 Å². The van der Waals surface area contributed by atoms with Crippen molar-refractivity contribution >= 4 is 33.2 Å². The molecule has 150 valence electrons. The summed E-state index contributed by atoms with van der Waals surface area (Å²) < 4.78 is 8.26. The molecule has 1 aromatic heterocycles. The van der Waals surface area contributed by atoms with Gasteiger partial charge < -0.3 is 9.30 Å². The molecule has 0 fully saturated rings. The number of carbonyl (C=O) groups excluding carboxylic acids is 2. The summed E-state index contributed by atoms with van der Waals surface area (Å²) in [6.07, 6.45) is 0. The predicted octanol–water partition coefficient (Wildman–Crippen LogP) is 4.32. The minimum absolute atomic E-state index is 0.0755. The van der Waals surface area contributed by atoms with Crippen LogP contribution in [0.3, 0.4) is 0 Å². The lowest BCUT2D eigenvalue weighted by Gasteiger charge is -2.04. The monoisotopic (exact) mass is 416 g/mol. The molecule has 4 aromatic rings. The second kappa shape index (κ2) is 8.98. The smallest absolute Gasteiger partial charge is 0.279 e. The average Bonchev–Trinajstić information content (AvgIpc) is 3.14. The van der Waals surface area contributed by atoms with Gasteiger partial charge in [-0.3, -0.25) is 9.59 Å². The van der Waals surface area contributed by atoms with E-state index in [1.54, 1.807) is 43.5 Å². The number of aromatic nitrogens is 1. The number of ether oxygens (including phenoxy) is 1. The fraction of sp³-hybridized carbons (Fsp3) is 0.125. The first-order valence-corrected chi connectivity index (χ1v) is 10.3. The lowest BCUT2D eigenvalue weighted by molar-refractivity contribution is 0.0994. The summed E-state index contributed by atoms with van der Waals surface area (Å²) in [6, 6.07) is 23.7. The Kier molecular flexibility index (Phi) is 5.97. The molecule has 0 aliphatic carbocycles. The van der Waals surface area contributed by atoms with Crippen molar-refractivity contribution in [1.82, 2.24) is 4.57 Å². The molecule has 1 amide bonds. The lowest BCUT2D eigenvalue weighted by Crippen LogP contribution is -2.19. The number of rotatable bonds is 6. The van der Waals surface area contributed by atoms with Crippen LogP contribution >= 0.6 is 11.3 Å². The Labute approximate surface area is 177 Å². The Balaban J connectivity index is 1.64. The van der Waals surface area contributed by atoms with Crippen LogP contribution in [0.5, 0.6) is 0 Å². The normalized spacial score (nSPS) is 11.7. The first-order valence-electron chi connectivity index (χ1n) is 9.53. The largest absolute Gasteiger partial charge is 0.383 e. The second-order valence-electron chi connectivity index (χ2n) is 6.69. The Hall–Kier alpha value is -3.35. The first kappa shape index (κ1) is 19.9. The van der Waals surface area contributed by atoms with E-state index in [9.17, 15) is 9.59 Å². The quantitative estimate of drug-likeness (QED) is 0.440. The summed E-state index contributed by atoms with van der Waals surface area (Å²) in [5, 5.41) is 0. The standard InChI is InChI=1S/C24H20N2O3S/c1-29-16-15-26-20-9-5-6-10-21(20)30-24(26)25-23(28)19-13-11-18(12-14-19)22(27)17-7-3-2-4-8-17/h2-14H,15-16H2,1H3. The van der Waals surface area contributed by atoms with Crippen molar-refractivity contribution in [2.75, 3.05) is 13.7 Å². The van der Waals surface area contributed by atoms with Crippen LogP contribution in [-0.4, -0.2) is 30.0 Å². The molecule has 0 N–H and O–H groups in total. The number of nitrogens with zero attached hydrogens (tertiary/aromatic N) is 2. The minimum Gasteiger partial charge on any atom is -0.383 e. The van der Waals surface area contributed by atoms with Gasteiger partial charge in [-0.25, -0.2) is 0 Å². The summed E-state index contributed by atoms with van der Waals surface area (Å²) in [5.74, 6) is -0.417. The maximum Gasteiger partial charge on any atom is 0.279 e. The van der Waals surface area contributed by atoms with Crippen molar-refractivity contribution in [2.45, 2.75) is 6.54 Å². The summed E-state index contributed by atoms with van der Waals surface area (Å²) in [4.78, 5) is 30.3. The van der Waals surface area contributed by atoms with Crippen LogP contribution < -0.4 is 4.80 Å². The van der Waals surface area contributed by atoms with Gasteiger partial charge in [-0.1, -0.05) is 65.9 Å². The van der Waals surface area contributed by atoms with Gasteiger partial charge in [0.05, 0.1) is 16.8 Å². The molecule has 1 heterocycles. The van der Waals surface area contributed by atoms with Crippen molar-refractivity contribution < 1.29 is 14.3 Å². The highest BCUT2D eigenvalue weighted by atomic mass is 32.1. The predicted molar refractivity (Wildman–Crippen MR) is 118 cm³/mol. The highest BCUT2D eigenvalue weighted by Gasteiger charge is 2.12. The summed E-state index contributed by atoms with van der Waals surface area (Å²) in [5.41, 5.74) is 2.62. The molecule has 0 radical (unpaired) electrons. The molecule has 6 heteroatoms. The summed E-state index contributed by atoms with van der Waals surface area (Å²) in [7, 11) is 1.65. The molecule has 0 saturated carbocycles. The molecule has 0 atom stereocenters. The van der Waals surface area contributed by atoms with Gasteiger partial charge in [0.1, 0.15) is 0 Å². The molecule has 0 aliphatic heterocycles. The molecule has 4 rings (SSSR count). The van der Waals surface area contributed by atoms with E-state index in [1.807, 2.05) is 47.0 Å². The zero-order valence-corrected chi connectivity index (χ0v) is 17.3. The lowest BCUT2D eigenvalue weighted by atomic mass is 10.0. The van der Waals surface area contributed by atoms with Gasteiger partial charge in [0.2, 0.25) is 0 Å². The topological polar surface area (TPSA) is 60.7 Å². The van der Waals surface area contributed by atoms with Crippen LogP contribution in [0, 0.1) is 0 Å². The zero-order chi connectivity index (χ0) is 20.9. The van der Waals surface area contributed by atoms with Gasteiger partial charge in [0, 0.05) is 30.3 Å². The average molecular weight is 417 g/mol. The van der Waals surface area contributed by atoms with E-state index in [0.29, 0.717) is 34.6 Å². The highest BCUT2D eigenvalue weighted by molar-refractivity contribution is 7.16. The van der Waals surface area contributed by atoms with E-state index in [4.69, 9.17) is 4.74 Å². The van der Waals surface area contributed by atoms with Crippen LogP contribution in [0.2, 0.25) is 0 Å². The van der Waals surface area contributed by atoms with Gasteiger partial charge >= 0.3 is 0 Å². The number of thiazole rings is 1. The van der Waals surface area contributed by atoms with Crippen LogP contribution in [0.1, 0.15) is 26.3 Å². The molecule has 5 nitrogen and oxygen atoms in total. The fourth-order valence-corrected chi connectivity index (χ4v) is 4.23. The Morgan fingerprint density at radius 2 is 1.50 bits per heavy atom. The number of benzene rings is 3. The van der Waals surface area contributed by atoms with Crippen molar-refractivity contribution in [2.24, 2.45) is 4.99 Å². The molecule has 0 bridgehead atoms. The van der Waals surface area contributed by atoms with E-state index in [1.165, 1.54) is 11.3 Å². The van der Waals surface area contributed by atoms with E-state index < -0.39 is 0 Å². The van der Waals surface area contributed by atoms with Gasteiger partial charge in [-0.2, -0.15) is 4.99 Å². The van der Waals surface area contributed by atoms with Crippen molar-refractivity contribution in [3.63, 3.8) is 0 Å². The molecular formula is C24H20N2O3S. The van der Waals surface area contributed by atoms with Crippen LogP contribution in [0.15, 0.2) is 83.9 Å². The first-order chi connectivity index (χ1) is 14.7. The molecule has 0 unspecified atom stereocenters. The number of para-hydroxylation sites is 1. The number of ketones is 1. The molecule has 3 aromatic carbocycles. The Bertz CT molecular complexity index is 1260. The molecule has 0 saturated heterocycles. The summed E-state index contributed by atoms with van der Waals surface area (Å²) in [6.45, 7) is 1.13. The number of hydrogen-bond donors (Lipinski definition) is 0. The molecular weight excluding hydrogens is 396 g/mol. The van der Waals surface area contributed by atoms with Crippen molar-refractivity contribution in [3.8, 4) is 0 Å². The van der Waals surface area contributed by atoms with Crippen LogP contribution in [-0.2, 0) is 11.3 Å². The van der Waals surface area contributed by atoms with Gasteiger partial charge in [-0.05, 0) is 24.3 Å². The van der Waals surface area contributed by atoms with Gasteiger partial charge in [-0.15, -0.1) is 0 Å². The van der Waals surface area contributed by atoms with Gasteiger partial charge in [0.25, 0.3) is 5.91 Å². The molecule has 0 spiro atoms. The highest BCUT2D eigenvalue weighted by Crippen LogP contribution is 2.17. The van der Waals surface area contributed by atoms with Crippen molar-refractivity contribution in [1.29, 1.82) is 0 Å². The third-order valence-corrected chi connectivity index (χ3v) is 5.79. The number of methoxy groups -OCH3 is 1. The van der Waals surface area contributed by atoms with Crippen molar-refractivity contribution in [3.05, 3.63) is 100 Å². The molecule has 0 aliphatic rings. The number of hydrogen-bond acceptors (Lipinski definition) is 4. The van der Waals surface area contributed by atoms with Crippen LogP contribution in [0.25, 0.3) is 10.2 Å².